The normalized spacial score (nSPS) is 16.8. The van der Waals surface area contributed by atoms with Gasteiger partial charge >= 0.3 is 5.69 Å². The van der Waals surface area contributed by atoms with Gasteiger partial charge in [-0.1, -0.05) is 28.1 Å². The van der Waals surface area contributed by atoms with Crippen LogP contribution >= 0.6 is 15.9 Å². The van der Waals surface area contributed by atoms with E-state index in [-0.39, 0.29) is 17.4 Å². The summed E-state index contributed by atoms with van der Waals surface area (Å²) in [6, 6.07) is 8.02. The van der Waals surface area contributed by atoms with Crippen LogP contribution in [0.15, 0.2) is 38.3 Å². The zero-order valence-electron chi connectivity index (χ0n) is 13.6. The topological polar surface area (TPSA) is 50.5 Å². The van der Waals surface area contributed by atoms with E-state index in [0.717, 1.165) is 10.0 Å². The smallest absolute Gasteiger partial charge is 0.332 e. The number of hydrogen-bond acceptors (Lipinski definition) is 4. The zero-order valence-corrected chi connectivity index (χ0v) is 15.2. The lowest BCUT2D eigenvalue weighted by Gasteiger charge is -2.27. The van der Waals surface area contributed by atoms with Crippen molar-refractivity contribution in [3.8, 4) is 0 Å². The molecule has 3 rings (SSSR count). The fourth-order valence-corrected chi connectivity index (χ4v) is 3.53. The second-order valence-corrected chi connectivity index (χ2v) is 6.79. The number of rotatable bonds is 2. The second kappa shape index (κ2) is 5.56. The van der Waals surface area contributed by atoms with Crippen LogP contribution in [0.1, 0.15) is 12.5 Å². The Kier molecular flexibility index (Phi) is 3.83. The van der Waals surface area contributed by atoms with Crippen molar-refractivity contribution in [2.24, 2.45) is 14.1 Å². The minimum absolute atomic E-state index is 0.00955. The van der Waals surface area contributed by atoms with Crippen molar-refractivity contribution in [3.05, 3.63) is 55.1 Å². The molecule has 2 heterocycles. The number of aromatic nitrogens is 2. The van der Waals surface area contributed by atoms with E-state index in [1.807, 2.05) is 48.0 Å². The summed E-state index contributed by atoms with van der Waals surface area (Å²) >= 11 is 3.48. The van der Waals surface area contributed by atoms with Gasteiger partial charge in [-0.2, -0.15) is 0 Å². The summed E-state index contributed by atoms with van der Waals surface area (Å²) < 4.78 is 3.70. The van der Waals surface area contributed by atoms with Gasteiger partial charge in [-0.25, -0.2) is 4.79 Å². The molecule has 0 amide bonds. The molecule has 1 aliphatic heterocycles. The van der Waals surface area contributed by atoms with Crippen molar-refractivity contribution in [3.63, 3.8) is 0 Å². The van der Waals surface area contributed by atoms with Gasteiger partial charge in [0, 0.05) is 32.2 Å². The molecule has 1 aromatic carbocycles. The van der Waals surface area contributed by atoms with Crippen LogP contribution in [0.2, 0.25) is 0 Å². The Morgan fingerprint density at radius 3 is 2.48 bits per heavy atom. The number of hydrogen-bond donors (Lipinski definition) is 0. The van der Waals surface area contributed by atoms with Gasteiger partial charge in [0.25, 0.3) is 5.56 Å². The summed E-state index contributed by atoms with van der Waals surface area (Å²) in [7, 11) is 5.13. The fourth-order valence-electron chi connectivity index (χ4n) is 3.09. The molecule has 0 saturated carbocycles. The molecule has 0 aliphatic carbocycles. The van der Waals surface area contributed by atoms with Gasteiger partial charge in [0.1, 0.15) is 17.7 Å². The summed E-state index contributed by atoms with van der Waals surface area (Å²) in [5.74, 6) is 0.667. The van der Waals surface area contributed by atoms with E-state index in [1.165, 1.54) is 16.2 Å². The van der Waals surface area contributed by atoms with Crippen LogP contribution < -0.4 is 21.0 Å². The molecule has 7 heteroatoms. The van der Waals surface area contributed by atoms with Crippen LogP contribution in [0.4, 0.5) is 11.5 Å². The van der Waals surface area contributed by atoms with Gasteiger partial charge in [0.05, 0.1) is 0 Å². The molecule has 0 fully saturated rings. The van der Waals surface area contributed by atoms with Gasteiger partial charge in [0.15, 0.2) is 0 Å². The molecule has 1 aromatic heterocycles. The Balaban J connectivity index is 2.16. The molecule has 0 bridgehead atoms. The molecule has 0 spiro atoms. The molecule has 2 aromatic rings. The van der Waals surface area contributed by atoms with Crippen molar-refractivity contribution >= 4 is 27.4 Å². The molecule has 6 nitrogen and oxygen atoms in total. The molecule has 1 unspecified atom stereocenters. The van der Waals surface area contributed by atoms with Crippen molar-refractivity contribution in [1.82, 2.24) is 9.13 Å². The lowest BCUT2D eigenvalue weighted by atomic mass is 10.2. The number of anilines is 2. The van der Waals surface area contributed by atoms with E-state index < -0.39 is 0 Å². The molecule has 23 heavy (non-hydrogen) atoms. The Bertz CT molecular complexity index is 887. The standard InChI is InChI=1S/C16H19BrN4O2/c1-10-18(2)14-13(15(22)20(4)16(23)19(14)3)21(10)9-11-6-5-7-12(17)8-11/h5-8,10H,9H2,1-4H3. The third kappa shape index (κ3) is 2.39. The van der Waals surface area contributed by atoms with Gasteiger partial charge in [-0.3, -0.25) is 13.9 Å². The molecular weight excluding hydrogens is 360 g/mol. The predicted molar refractivity (Wildman–Crippen MR) is 95.1 cm³/mol. The fraction of sp³-hybridized carbons (Fsp3) is 0.375. The SMILES string of the molecule is CC1N(C)c2c(c(=O)n(C)c(=O)n2C)N1Cc1cccc(Br)c1. The van der Waals surface area contributed by atoms with Crippen LogP contribution in [0.5, 0.6) is 0 Å². The van der Waals surface area contributed by atoms with Crippen molar-refractivity contribution in [2.75, 3.05) is 16.8 Å². The molecule has 0 radical (unpaired) electrons. The van der Waals surface area contributed by atoms with Crippen LogP contribution in [0, 0.1) is 0 Å². The quantitative estimate of drug-likeness (QED) is 0.797. The summed E-state index contributed by atoms with van der Waals surface area (Å²) in [6.45, 7) is 2.63. The number of fused-ring (bicyclic) bond motifs is 1. The van der Waals surface area contributed by atoms with Crippen molar-refractivity contribution in [2.45, 2.75) is 19.6 Å². The van der Waals surface area contributed by atoms with Gasteiger partial charge in [-0.15, -0.1) is 0 Å². The van der Waals surface area contributed by atoms with E-state index in [1.54, 1.807) is 7.05 Å². The highest BCUT2D eigenvalue weighted by molar-refractivity contribution is 9.10. The lowest BCUT2D eigenvalue weighted by molar-refractivity contribution is 0.647. The summed E-state index contributed by atoms with van der Waals surface area (Å²) in [6.07, 6.45) is -0.00955. The molecule has 122 valence electrons. The van der Waals surface area contributed by atoms with E-state index in [2.05, 4.69) is 15.9 Å². The maximum Gasteiger partial charge on any atom is 0.332 e. The van der Waals surface area contributed by atoms with Crippen LogP contribution in [0.25, 0.3) is 0 Å². The van der Waals surface area contributed by atoms with Crippen LogP contribution in [0.3, 0.4) is 0 Å². The Morgan fingerprint density at radius 2 is 1.83 bits per heavy atom. The largest absolute Gasteiger partial charge is 0.340 e. The Hall–Kier alpha value is -2.02. The summed E-state index contributed by atoms with van der Waals surface area (Å²) in [4.78, 5) is 28.9. The molecule has 0 N–H and O–H groups in total. The minimum Gasteiger partial charge on any atom is -0.340 e. The molecule has 0 saturated heterocycles. The number of benzene rings is 1. The van der Waals surface area contributed by atoms with Gasteiger partial charge in [-0.05, 0) is 24.6 Å². The first-order chi connectivity index (χ1) is 10.8. The molecule has 1 atom stereocenters. The third-order valence-corrected chi connectivity index (χ3v) is 4.98. The first-order valence-corrected chi connectivity index (χ1v) is 8.16. The highest BCUT2D eigenvalue weighted by Crippen LogP contribution is 2.35. The third-order valence-electron chi connectivity index (χ3n) is 4.49. The first kappa shape index (κ1) is 15.9. The minimum atomic E-state index is -0.308. The number of halogens is 1. The monoisotopic (exact) mass is 378 g/mol. The Morgan fingerprint density at radius 1 is 1.13 bits per heavy atom. The summed E-state index contributed by atoms with van der Waals surface area (Å²) in [5.41, 5.74) is 1.11. The summed E-state index contributed by atoms with van der Waals surface area (Å²) in [5, 5.41) is 0. The maximum absolute atomic E-state index is 12.7. The van der Waals surface area contributed by atoms with Crippen LogP contribution in [-0.2, 0) is 20.6 Å². The first-order valence-electron chi connectivity index (χ1n) is 7.37. The molecule has 1 aliphatic rings. The van der Waals surface area contributed by atoms with Gasteiger partial charge in [0.2, 0.25) is 0 Å². The average molecular weight is 379 g/mol. The van der Waals surface area contributed by atoms with Crippen molar-refractivity contribution < 1.29 is 0 Å². The van der Waals surface area contributed by atoms with Crippen molar-refractivity contribution in [1.29, 1.82) is 0 Å². The van der Waals surface area contributed by atoms with Gasteiger partial charge < -0.3 is 9.80 Å². The van der Waals surface area contributed by atoms with E-state index >= 15 is 0 Å². The maximum atomic E-state index is 12.7. The zero-order chi connectivity index (χ0) is 16.9. The Labute approximate surface area is 142 Å². The molecular formula is C16H19BrN4O2. The van der Waals surface area contributed by atoms with Crippen LogP contribution in [-0.4, -0.2) is 22.3 Å². The number of nitrogens with zero attached hydrogens (tertiary/aromatic N) is 4. The second-order valence-electron chi connectivity index (χ2n) is 5.88. The lowest BCUT2D eigenvalue weighted by Crippen LogP contribution is -2.40. The average Bonchev–Trinajstić information content (AvgIpc) is 2.76. The van der Waals surface area contributed by atoms with E-state index in [9.17, 15) is 9.59 Å². The highest BCUT2D eigenvalue weighted by atomic mass is 79.9. The highest BCUT2D eigenvalue weighted by Gasteiger charge is 2.36. The van der Waals surface area contributed by atoms with E-state index in [4.69, 9.17) is 0 Å². The van der Waals surface area contributed by atoms with E-state index in [0.29, 0.717) is 18.1 Å². The predicted octanol–water partition coefficient (Wildman–Crippen LogP) is 1.65.